The summed E-state index contributed by atoms with van der Waals surface area (Å²) < 4.78 is 15.4. The zero-order valence-electron chi connectivity index (χ0n) is 10.5. The first-order valence-electron chi connectivity index (χ1n) is 5.47. The van der Waals surface area contributed by atoms with Crippen LogP contribution in [-0.2, 0) is 0 Å². The number of rotatable bonds is 2. The quantitative estimate of drug-likeness (QED) is 0.621. The Labute approximate surface area is 121 Å². The molecule has 0 fully saturated rings. The molecule has 0 amide bonds. The van der Waals surface area contributed by atoms with E-state index in [1.54, 1.807) is 0 Å². The number of nitro groups is 1. The summed E-state index contributed by atoms with van der Waals surface area (Å²) in [7, 11) is 0. The van der Waals surface area contributed by atoms with Crippen molar-refractivity contribution in [2.75, 3.05) is 0 Å². The van der Waals surface area contributed by atoms with Crippen LogP contribution in [0.4, 0.5) is 10.1 Å². The average Bonchev–Trinajstić information content (AvgIpc) is 2.68. The third-order valence-electron chi connectivity index (χ3n) is 2.85. The standard InChI is InChI=1S/C12H8BrFN4O2/c1-6-12(18(19)20)7(2)17(16-6)9-4-3-8(5-15)10(13)11(9)14/h3-4H,1-2H3. The van der Waals surface area contributed by atoms with E-state index >= 15 is 0 Å². The lowest BCUT2D eigenvalue weighted by atomic mass is 10.2. The summed E-state index contributed by atoms with van der Waals surface area (Å²) in [6.45, 7) is 2.97. The molecule has 0 radical (unpaired) electrons. The maximum Gasteiger partial charge on any atom is 0.313 e. The topological polar surface area (TPSA) is 84.8 Å². The molecule has 6 nitrogen and oxygen atoms in total. The maximum atomic E-state index is 14.2. The van der Waals surface area contributed by atoms with Gasteiger partial charge in [0, 0.05) is 0 Å². The van der Waals surface area contributed by atoms with Gasteiger partial charge in [-0.1, -0.05) is 0 Å². The first-order valence-corrected chi connectivity index (χ1v) is 6.26. The lowest BCUT2D eigenvalue weighted by Gasteiger charge is -2.07. The lowest BCUT2D eigenvalue weighted by molar-refractivity contribution is -0.386. The summed E-state index contributed by atoms with van der Waals surface area (Å²) in [5, 5.41) is 23.8. The Hall–Kier alpha value is -2.27. The van der Waals surface area contributed by atoms with E-state index in [-0.39, 0.29) is 32.8 Å². The van der Waals surface area contributed by atoms with Crippen molar-refractivity contribution < 1.29 is 9.31 Å². The fraction of sp³-hybridized carbons (Fsp3) is 0.167. The Morgan fingerprint density at radius 1 is 1.50 bits per heavy atom. The molecular weight excluding hydrogens is 331 g/mol. The first kappa shape index (κ1) is 14.1. The minimum atomic E-state index is -0.690. The Bertz CT molecular complexity index is 764. The van der Waals surface area contributed by atoms with Gasteiger partial charge in [-0.15, -0.1) is 0 Å². The molecule has 0 saturated heterocycles. The predicted molar refractivity (Wildman–Crippen MR) is 72.1 cm³/mol. The van der Waals surface area contributed by atoms with Crippen molar-refractivity contribution in [1.29, 1.82) is 5.26 Å². The van der Waals surface area contributed by atoms with Crippen molar-refractivity contribution in [3.8, 4) is 11.8 Å². The van der Waals surface area contributed by atoms with Gasteiger partial charge in [0.1, 0.15) is 23.1 Å². The highest BCUT2D eigenvalue weighted by molar-refractivity contribution is 9.10. The number of benzene rings is 1. The molecule has 0 saturated carbocycles. The van der Waals surface area contributed by atoms with E-state index in [4.69, 9.17) is 5.26 Å². The molecule has 0 aliphatic rings. The Morgan fingerprint density at radius 3 is 2.65 bits per heavy atom. The fourth-order valence-electron chi connectivity index (χ4n) is 1.92. The van der Waals surface area contributed by atoms with Gasteiger partial charge in [-0.3, -0.25) is 10.1 Å². The second-order valence-corrected chi connectivity index (χ2v) is 4.85. The summed E-state index contributed by atoms with van der Waals surface area (Å²) in [6.07, 6.45) is 0. The number of halogens is 2. The lowest BCUT2D eigenvalue weighted by Crippen LogP contribution is -2.04. The van der Waals surface area contributed by atoms with E-state index in [1.807, 2.05) is 6.07 Å². The second kappa shape index (κ2) is 5.02. The van der Waals surface area contributed by atoms with Gasteiger partial charge in [-0.05, 0) is 41.9 Å². The van der Waals surface area contributed by atoms with Crippen molar-refractivity contribution >= 4 is 21.6 Å². The molecule has 0 bridgehead atoms. The third-order valence-corrected chi connectivity index (χ3v) is 3.62. The van der Waals surface area contributed by atoms with Gasteiger partial charge in [0.25, 0.3) is 0 Å². The number of aryl methyl sites for hydroxylation is 1. The van der Waals surface area contributed by atoms with Crippen molar-refractivity contribution in [3.63, 3.8) is 0 Å². The molecule has 2 aromatic rings. The predicted octanol–water partition coefficient (Wildman–Crippen LogP) is 3.17. The smallest absolute Gasteiger partial charge is 0.258 e. The number of aromatic nitrogens is 2. The molecule has 2 rings (SSSR count). The van der Waals surface area contributed by atoms with E-state index in [1.165, 1.54) is 26.0 Å². The van der Waals surface area contributed by atoms with Crippen molar-refractivity contribution in [2.45, 2.75) is 13.8 Å². The molecule has 0 aliphatic carbocycles. The number of hydrogen-bond acceptors (Lipinski definition) is 4. The van der Waals surface area contributed by atoms with Crippen LogP contribution in [0.15, 0.2) is 16.6 Å². The average molecular weight is 339 g/mol. The van der Waals surface area contributed by atoms with Crippen molar-refractivity contribution in [1.82, 2.24) is 9.78 Å². The van der Waals surface area contributed by atoms with E-state index in [9.17, 15) is 14.5 Å². The molecule has 0 atom stereocenters. The van der Waals surface area contributed by atoms with Gasteiger partial charge < -0.3 is 0 Å². The normalized spacial score (nSPS) is 10.3. The van der Waals surface area contributed by atoms with Crippen LogP contribution in [0.3, 0.4) is 0 Å². The minimum Gasteiger partial charge on any atom is -0.258 e. The van der Waals surface area contributed by atoms with Crippen LogP contribution in [0.1, 0.15) is 17.0 Å². The van der Waals surface area contributed by atoms with Gasteiger partial charge in [-0.25, -0.2) is 9.07 Å². The van der Waals surface area contributed by atoms with E-state index in [2.05, 4.69) is 21.0 Å². The SMILES string of the molecule is Cc1nn(-c2ccc(C#N)c(Br)c2F)c(C)c1[N+](=O)[O-]. The third kappa shape index (κ3) is 2.06. The van der Waals surface area contributed by atoms with Crippen LogP contribution in [-0.4, -0.2) is 14.7 Å². The van der Waals surface area contributed by atoms with Gasteiger partial charge in [-0.2, -0.15) is 10.4 Å². The molecule has 8 heteroatoms. The molecule has 1 aromatic carbocycles. The molecule has 0 spiro atoms. The van der Waals surface area contributed by atoms with Crippen LogP contribution in [0, 0.1) is 41.1 Å². The first-order chi connectivity index (χ1) is 9.38. The summed E-state index contributed by atoms with van der Waals surface area (Å²) in [5.74, 6) is -0.690. The Kier molecular flexibility index (Phi) is 3.55. The highest BCUT2D eigenvalue weighted by atomic mass is 79.9. The summed E-state index contributed by atoms with van der Waals surface area (Å²) >= 11 is 2.99. The van der Waals surface area contributed by atoms with Crippen molar-refractivity contribution in [2.24, 2.45) is 0 Å². The number of nitriles is 1. The second-order valence-electron chi connectivity index (χ2n) is 4.06. The zero-order valence-corrected chi connectivity index (χ0v) is 12.1. The Morgan fingerprint density at radius 2 is 2.15 bits per heavy atom. The van der Waals surface area contributed by atoms with Crippen molar-refractivity contribution in [3.05, 3.63) is 49.5 Å². The van der Waals surface area contributed by atoms with Gasteiger partial charge in [0.05, 0.1) is 15.0 Å². The number of nitrogens with zero attached hydrogens (tertiary/aromatic N) is 4. The molecular formula is C12H8BrFN4O2. The van der Waals surface area contributed by atoms with E-state index < -0.39 is 10.7 Å². The molecule has 1 heterocycles. The van der Waals surface area contributed by atoms with Crippen LogP contribution >= 0.6 is 15.9 Å². The van der Waals surface area contributed by atoms with Crippen LogP contribution < -0.4 is 0 Å². The molecule has 20 heavy (non-hydrogen) atoms. The summed E-state index contributed by atoms with van der Waals surface area (Å²) in [5.41, 5.74) is 0.465. The largest absolute Gasteiger partial charge is 0.313 e. The van der Waals surface area contributed by atoms with Crippen LogP contribution in [0.25, 0.3) is 5.69 Å². The molecule has 0 aliphatic heterocycles. The molecule has 0 unspecified atom stereocenters. The Balaban J connectivity index is 2.71. The highest BCUT2D eigenvalue weighted by Crippen LogP contribution is 2.29. The highest BCUT2D eigenvalue weighted by Gasteiger charge is 2.24. The molecule has 1 aromatic heterocycles. The van der Waals surface area contributed by atoms with Crippen LogP contribution in [0.5, 0.6) is 0 Å². The maximum absolute atomic E-state index is 14.2. The molecule has 102 valence electrons. The summed E-state index contributed by atoms with van der Waals surface area (Å²) in [6, 6.07) is 4.62. The van der Waals surface area contributed by atoms with E-state index in [0.29, 0.717) is 0 Å². The molecule has 0 N–H and O–H groups in total. The van der Waals surface area contributed by atoms with E-state index in [0.717, 1.165) is 4.68 Å². The number of hydrogen-bond donors (Lipinski definition) is 0. The zero-order chi connectivity index (χ0) is 15.0. The monoisotopic (exact) mass is 338 g/mol. The summed E-state index contributed by atoms with van der Waals surface area (Å²) in [4.78, 5) is 10.4. The minimum absolute atomic E-state index is 0.00714. The van der Waals surface area contributed by atoms with Gasteiger partial charge in [0.2, 0.25) is 0 Å². The van der Waals surface area contributed by atoms with Crippen LogP contribution in [0.2, 0.25) is 0 Å². The van der Waals surface area contributed by atoms with Gasteiger partial charge in [0.15, 0.2) is 5.82 Å². The fourth-order valence-corrected chi connectivity index (χ4v) is 2.35. The van der Waals surface area contributed by atoms with Gasteiger partial charge >= 0.3 is 5.69 Å².